The molecule has 0 unspecified atom stereocenters. The number of benzene rings is 4. The van der Waals surface area contributed by atoms with Crippen molar-refractivity contribution in [2.24, 2.45) is 0 Å². The molecule has 5 nitrogen and oxygen atoms in total. The molecule has 198 valence electrons. The Bertz CT molecular complexity index is 1860. The molecule has 0 saturated carbocycles. The number of ether oxygens (including phenoxy) is 1. The van der Waals surface area contributed by atoms with Gasteiger partial charge in [-0.2, -0.15) is 0 Å². The van der Waals surface area contributed by atoms with Gasteiger partial charge in [0.15, 0.2) is 11.2 Å². The molecular weight excluding hydrogens is 496 g/mol. The number of aromatic amines is 1. The van der Waals surface area contributed by atoms with Gasteiger partial charge in [-0.25, -0.2) is 4.98 Å². The summed E-state index contributed by atoms with van der Waals surface area (Å²) in [6.45, 7) is 8.05. The van der Waals surface area contributed by atoms with E-state index in [4.69, 9.17) is 9.72 Å². The zero-order valence-corrected chi connectivity index (χ0v) is 22.9. The van der Waals surface area contributed by atoms with Crippen LogP contribution in [-0.4, -0.2) is 15.1 Å². The Kier molecular flexibility index (Phi) is 5.22. The summed E-state index contributed by atoms with van der Waals surface area (Å²) in [4.78, 5) is 22.3. The lowest BCUT2D eigenvalue weighted by Crippen LogP contribution is -2.49. The lowest BCUT2D eigenvalue weighted by atomic mass is 9.69. The average Bonchev–Trinajstić information content (AvgIpc) is 3.32. The van der Waals surface area contributed by atoms with E-state index >= 15 is 0 Å². The molecule has 40 heavy (non-hydrogen) atoms. The summed E-state index contributed by atoms with van der Waals surface area (Å²) >= 11 is 0. The topological polar surface area (TPSA) is 75.2 Å². The third-order valence-electron chi connectivity index (χ3n) is 8.51. The molecule has 1 aliphatic heterocycles. The summed E-state index contributed by atoms with van der Waals surface area (Å²) in [7, 11) is 0. The van der Waals surface area contributed by atoms with Gasteiger partial charge in [0.1, 0.15) is 11.6 Å². The van der Waals surface area contributed by atoms with E-state index in [0.29, 0.717) is 28.4 Å². The maximum atomic E-state index is 14.2. The molecule has 3 atom stereocenters. The number of H-pyrrole nitrogens is 1. The Labute approximate surface area is 233 Å². The number of hydrogen-bond donors (Lipinski definition) is 2. The number of nitrogens with zero attached hydrogens (tertiary/aromatic N) is 1. The monoisotopic (exact) mass is 526 g/mol. The van der Waals surface area contributed by atoms with Gasteiger partial charge in [0.2, 0.25) is 0 Å². The van der Waals surface area contributed by atoms with Crippen molar-refractivity contribution in [2.75, 3.05) is 0 Å². The second kappa shape index (κ2) is 8.51. The molecule has 7 rings (SSSR count). The zero-order valence-electron chi connectivity index (χ0n) is 22.9. The number of aromatic nitrogens is 2. The van der Waals surface area contributed by atoms with E-state index in [0.717, 1.165) is 38.9 Å². The van der Waals surface area contributed by atoms with Crippen molar-refractivity contribution in [3.05, 3.63) is 152 Å². The second-order valence-electron chi connectivity index (χ2n) is 11.3. The molecule has 5 aromatic rings. The van der Waals surface area contributed by atoms with Crippen LogP contribution in [-0.2, 0) is 11.2 Å². The first-order chi connectivity index (χ1) is 19.2. The Morgan fingerprint density at radius 2 is 1.57 bits per heavy atom. The largest absolute Gasteiger partial charge is 0.477 e. The molecule has 1 aliphatic carbocycles. The fourth-order valence-corrected chi connectivity index (χ4v) is 6.91. The summed E-state index contributed by atoms with van der Waals surface area (Å²) in [5, 5.41) is 13.3. The van der Waals surface area contributed by atoms with Crippen molar-refractivity contribution in [3.63, 3.8) is 0 Å². The number of rotatable bonds is 3. The molecule has 2 heterocycles. The highest BCUT2D eigenvalue weighted by atomic mass is 16.5. The Hall–Kier alpha value is -4.48. The minimum atomic E-state index is -1.72. The van der Waals surface area contributed by atoms with Gasteiger partial charge < -0.3 is 14.8 Å². The molecule has 0 amide bonds. The predicted molar refractivity (Wildman–Crippen MR) is 156 cm³/mol. The molecule has 0 bridgehead atoms. The van der Waals surface area contributed by atoms with Crippen molar-refractivity contribution in [3.8, 4) is 17.1 Å². The first kappa shape index (κ1) is 24.6. The molecule has 2 N–H and O–H groups in total. The van der Waals surface area contributed by atoms with Gasteiger partial charge in [-0.1, -0.05) is 90.0 Å². The first-order valence-corrected chi connectivity index (χ1v) is 13.6. The van der Waals surface area contributed by atoms with Crippen LogP contribution in [0.3, 0.4) is 0 Å². The first-order valence-electron chi connectivity index (χ1n) is 13.6. The van der Waals surface area contributed by atoms with Crippen molar-refractivity contribution in [1.82, 2.24) is 9.97 Å². The Morgan fingerprint density at radius 1 is 0.825 bits per heavy atom. The number of fused-ring (bicyclic) bond motifs is 5. The molecule has 0 fully saturated rings. The summed E-state index contributed by atoms with van der Waals surface area (Å²) in [5.74, 6) is 0.420. The molecule has 4 aromatic carbocycles. The van der Waals surface area contributed by atoms with Crippen LogP contribution >= 0.6 is 0 Å². The van der Waals surface area contributed by atoms with E-state index in [1.54, 1.807) is 0 Å². The number of nitrogens with one attached hydrogen (secondary N) is 1. The van der Waals surface area contributed by atoms with Gasteiger partial charge in [0, 0.05) is 16.7 Å². The van der Waals surface area contributed by atoms with E-state index < -0.39 is 17.1 Å². The summed E-state index contributed by atoms with van der Waals surface area (Å²) in [6, 6.07) is 29.8. The van der Waals surface area contributed by atoms with Gasteiger partial charge in [-0.05, 0) is 56.5 Å². The third-order valence-corrected chi connectivity index (χ3v) is 8.51. The normalized spacial score (nSPS) is 22.4. The molecule has 0 spiro atoms. The van der Waals surface area contributed by atoms with Crippen LogP contribution in [0.2, 0.25) is 0 Å². The summed E-state index contributed by atoms with van der Waals surface area (Å²) in [5.41, 5.74) is 4.60. The highest BCUT2D eigenvalue weighted by Crippen LogP contribution is 2.68. The van der Waals surface area contributed by atoms with Crippen molar-refractivity contribution in [2.45, 2.75) is 44.8 Å². The molecule has 5 heteroatoms. The molecular formula is C35H30N2O3. The third kappa shape index (κ3) is 3.18. The lowest BCUT2D eigenvalue weighted by molar-refractivity contribution is -0.0905. The summed E-state index contributed by atoms with van der Waals surface area (Å²) < 4.78 is 7.04. The van der Waals surface area contributed by atoms with E-state index in [2.05, 4.69) is 11.1 Å². The Morgan fingerprint density at radius 3 is 2.30 bits per heavy atom. The minimum Gasteiger partial charge on any atom is -0.477 e. The van der Waals surface area contributed by atoms with E-state index in [9.17, 15) is 9.90 Å². The van der Waals surface area contributed by atoms with E-state index in [1.165, 1.54) is 0 Å². The zero-order chi connectivity index (χ0) is 27.8. The van der Waals surface area contributed by atoms with Crippen LogP contribution in [0.1, 0.15) is 56.1 Å². The van der Waals surface area contributed by atoms with Gasteiger partial charge >= 0.3 is 0 Å². The van der Waals surface area contributed by atoms with Gasteiger partial charge in [0.05, 0.1) is 17.2 Å². The molecule has 0 radical (unpaired) electrons. The molecule has 2 aliphatic rings. The van der Waals surface area contributed by atoms with Crippen molar-refractivity contribution < 1.29 is 9.84 Å². The maximum absolute atomic E-state index is 14.2. The van der Waals surface area contributed by atoms with Gasteiger partial charge in [-0.15, -0.1) is 0 Å². The van der Waals surface area contributed by atoms with Crippen LogP contribution < -0.4 is 10.3 Å². The maximum Gasteiger partial charge on any atom is 0.255 e. The fraction of sp³-hybridized carbons (Fsp3) is 0.200. The van der Waals surface area contributed by atoms with Crippen LogP contribution in [0.5, 0.6) is 5.75 Å². The van der Waals surface area contributed by atoms with E-state index in [1.807, 2.05) is 113 Å². The van der Waals surface area contributed by atoms with Crippen molar-refractivity contribution >= 4 is 0 Å². The lowest BCUT2D eigenvalue weighted by Gasteiger charge is -2.40. The minimum absolute atomic E-state index is 0.278. The van der Waals surface area contributed by atoms with E-state index in [-0.39, 0.29) is 5.56 Å². The number of aryl methyl sites for hydroxylation is 4. The molecule has 1 aromatic heterocycles. The fourth-order valence-electron chi connectivity index (χ4n) is 6.91. The Balaban J connectivity index is 1.64. The summed E-state index contributed by atoms with van der Waals surface area (Å²) in [6.07, 6.45) is 0. The number of aliphatic hydroxyl groups is 1. The average molecular weight is 527 g/mol. The SMILES string of the molecule is Cc1ccc([C@@]23Oc4cc(C)cc(C)c4[C@]2(O)c2nc(-c4cccc(C)c4)[nH]c(=O)c2[C@H]3c2ccccc2)cc1. The standard InChI is InChI=1S/C35H30N2O3/c1-20-13-15-26(16-14-20)35-30(24-10-6-5-7-11-24)28-31(34(35,39)29-23(4)17-22(3)19-27(29)40-35)36-32(37-33(28)38)25-12-8-9-21(2)18-25/h5-19,30,39H,1-4H3,(H,36,37,38)/t30-,34+,35+/m1/s1. The smallest absolute Gasteiger partial charge is 0.255 e. The van der Waals surface area contributed by atoms with Crippen LogP contribution in [0.4, 0.5) is 0 Å². The van der Waals surface area contributed by atoms with Crippen molar-refractivity contribution in [1.29, 1.82) is 0 Å². The number of hydrogen-bond acceptors (Lipinski definition) is 4. The second-order valence-corrected chi connectivity index (χ2v) is 11.3. The van der Waals surface area contributed by atoms with Crippen LogP contribution in [0.25, 0.3) is 11.4 Å². The van der Waals surface area contributed by atoms with Gasteiger partial charge in [-0.3, -0.25) is 4.79 Å². The van der Waals surface area contributed by atoms with Gasteiger partial charge in [0.25, 0.3) is 5.56 Å². The van der Waals surface area contributed by atoms with Crippen LogP contribution in [0.15, 0.2) is 95.8 Å². The van der Waals surface area contributed by atoms with Crippen LogP contribution in [0, 0.1) is 27.7 Å². The highest BCUT2D eigenvalue weighted by molar-refractivity contribution is 5.67. The molecule has 0 saturated heterocycles. The highest BCUT2D eigenvalue weighted by Gasteiger charge is 2.73. The predicted octanol–water partition coefficient (Wildman–Crippen LogP) is 6.34. The quantitative estimate of drug-likeness (QED) is 0.288.